The largest absolute Gasteiger partial charge is 0.465 e. The number of amides is 1. The highest BCUT2D eigenvalue weighted by Gasteiger charge is 2.58. The first-order valence-corrected chi connectivity index (χ1v) is 4.40. The third kappa shape index (κ3) is 1.20. The third-order valence-electron chi connectivity index (χ3n) is 3.31. The van der Waals surface area contributed by atoms with Gasteiger partial charge in [-0.25, -0.2) is 4.79 Å². The van der Waals surface area contributed by atoms with E-state index in [1.165, 1.54) is 4.90 Å². The summed E-state index contributed by atoms with van der Waals surface area (Å²) in [6.07, 6.45) is -1.51. The maximum Gasteiger partial charge on any atom is 0.407 e. The maximum atomic E-state index is 10.8. The zero-order chi connectivity index (χ0) is 10.4. The van der Waals surface area contributed by atoms with Gasteiger partial charge in [0.15, 0.2) is 0 Å². The normalized spacial score (nSPS) is 34.2. The molecule has 4 heteroatoms. The summed E-state index contributed by atoms with van der Waals surface area (Å²) in [5.41, 5.74) is -0.901. The van der Waals surface area contributed by atoms with Gasteiger partial charge in [-0.15, -0.1) is 0 Å². The smallest absolute Gasteiger partial charge is 0.407 e. The molecule has 0 bridgehead atoms. The summed E-state index contributed by atoms with van der Waals surface area (Å²) in [6, 6.07) is 0. The number of aliphatic hydroxyl groups is 1. The van der Waals surface area contributed by atoms with Crippen LogP contribution in [0.4, 0.5) is 4.79 Å². The molecule has 1 heterocycles. The summed E-state index contributed by atoms with van der Waals surface area (Å²) < 4.78 is 0. The average molecular weight is 187 g/mol. The molecule has 2 atom stereocenters. The lowest BCUT2D eigenvalue weighted by Gasteiger charge is -2.59. The highest BCUT2D eigenvalue weighted by atomic mass is 16.4. The SMILES string of the molecule is CC(C)(C)[C@]1(C)[C@H](O)CN1C(=O)O. The van der Waals surface area contributed by atoms with E-state index in [1.54, 1.807) is 6.92 Å². The van der Waals surface area contributed by atoms with E-state index in [2.05, 4.69) is 0 Å². The predicted octanol–water partition coefficient (Wildman–Crippen LogP) is 1.15. The van der Waals surface area contributed by atoms with Gasteiger partial charge in [-0.1, -0.05) is 20.8 Å². The Morgan fingerprint density at radius 1 is 1.54 bits per heavy atom. The van der Waals surface area contributed by atoms with Crippen molar-refractivity contribution in [3.63, 3.8) is 0 Å². The quantitative estimate of drug-likeness (QED) is 0.598. The fourth-order valence-corrected chi connectivity index (χ4v) is 1.79. The van der Waals surface area contributed by atoms with Crippen LogP contribution in [0, 0.1) is 5.41 Å². The topological polar surface area (TPSA) is 60.8 Å². The monoisotopic (exact) mass is 187 g/mol. The molecule has 4 nitrogen and oxygen atoms in total. The third-order valence-corrected chi connectivity index (χ3v) is 3.31. The van der Waals surface area contributed by atoms with Crippen molar-refractivity contribution in [1.29, 1.82) is 0 Å². The van der Waals surface area contributed by atoms with Crippen LogP contribution in [0.5, 0.6) is 0 Å². The molecule has 0 aromatic carbocycles. The van der Waals surface area contributed by atoms with Gasteiger partial charge in [-0.05, 0) is 12.3 Å². The molecule has 2 N–H and O–H groups in total. The first-order valence-electron chi connectivity index (χ1n) is 4.40. The molecular formula is C9H17NO3. The standard InChI is InChI=1S/C9H17NO3/c1-8(2,3)9(4)6(11)5-10(9)7(12)13/h6,11H,5H2,1-4H3,(H,12,13)/t6-,9+/m1/s1. The fraction of sp³-hybridized carbons (Fsp3) is 0.889. The number of aliphatic hydroxyl groups excluding tert-OH is 1. The van der Waals surface area contributed by atoms with E-state index in [9.17, 15) is 9.90 Å². The number of β-amino-alcohol motifs (C(OH)–C–C–N with tert-alkyl or cyclic N) is 1. The molecule has 13 heavy (non-hydrogen) atoms. The van der Waals surface area contributed by atoms with Gasteiger partial charge in [-0.2, -0.15) is 0 Å². The molecule has 76 valence electrons. The molecule has 0 aliphatic carbocycles. The summed E-state index contributed by atoms with van der Waals surface area (Å²) in [7, 11) is 0. The van der Waals surface area contributed by atoms with Crippen LogP contribution >= 0.6 is 0 Å². The van der Waals surface area contributed by atoms with E-state index in [0.717, 1.165) is 0 Å². The summed E-state index contributed by atoms with van der Waals surface area (Å²) in [5.74, 6) is 0. The fourth-order valence-electron chi connectivity index (χ4n) is 1.79. The van der Waals surface area contributed by atoms with Gasteiger partial charge < -0.3 is 10.2 Å². The highest BCUT2D eigenvalue weighted by Crippen LogP contribution is 2.44. The van der Waals surface area contributed by atoms with Gasteiger partial charge >= 0.3 is 6.09 Å². The molecule has 1 saturated heterocycles. The first-order chi connectivity index (χ1) is 5.71. The average Bonchev–Trinajstić information content (AvgIpc) is 1.95. The first kappa shape index (κ1) is 10.3. The van der Waals surface area contributed by atoms with Crippen LogP contribution in [-0.2, 0) is 0 Å². The van der Waals surface area contributed by atoms with E-state index < -0.39 is 17.7 Å². The van der Waals surface area contributed by atoms with Crippen LogP contribution in [0.2, 0.25) is 0 Å². The number of rotatable bonds is 0. The number of carbonyl (C=O) groups is 1. The number of hydrogen-bond donors (Lipinski definition) is 2. The summed E-state index contributed by atoms with van der Waals surface area (Å²) >= 11 is 0. The van der Waals surface area contributed by atoms with Crippen LogP contribution in [-0.4, -0.2) is 39.4 Å². The number of likely N-dealkylation sites (tertiary alicyclic amines) is 1. The Hall–Kier alpha value is -0.770. The second-order valence-corrected chi connectivity index (χ2v) is 4.81. The Morgan fingerprint density at radius 2 is 2.00 bits per heavy atom. The number of hydrogen-bond acceptors (Lipinski definition) is 2. The lowest BCUT2D eigenvalue weighted by atomic mass is 9.65. The minimum Gasteiger partial charge on any atom is -0.465 e. The van der Waals surface area contributed by atoms with Gasteiger partial charge in [0.1, 0.15) is 0 Å². The van der Waals surface area contributed by atoms with Crippen molar-refractivity contribution in [3.05, 3.63) is 0 Å². The molecule has 1 aliphatic heterocycles. The highest BCUT2D eigenvalue weighted by molar-refractivity contribution is 5.68. The number of carboxylic acid groups (broad SMARTS) is 1. The molecule has 0 radical (unpaired) electrons. The van der Waals surface area contributed by atoms with E-state index in [0.29, 0.717) is 0 Å². The molecule has 1 fully saturated rings. The zero-order valence-electron chi connectivity index (χ0n) is 8.53. The summed E-state index contributed by atoms with van der Waals surface area (Å²) in [6.45, 7) is 7.82. The molecule has 0 spiro atoms. The van der Waals surface area contributed by atoms with Gasteiger partial charge in [0.05, 0.1) is 18.2 Å². The van der Waals surface area contributed by atoms with Gasteiger partial charge in [0.2, 0.25) is 0 Å². The molecular weight excluding hydrogens is 170 g/mol. The van der Waals surface area contributed by atoms with Crippen molar-refractivity contribution in [2.24, 2.45) is 5.41 Å². The minimum absolute atomic E-state index is 0.225. The van der Waals surface area contributed by atoms with Gasteiger partial charge in [0, 0.05) is 0 Å². The maximum absolute atomic E-state index is 10.8. The van der Waals surface area contributed by atoms with Gasteiger partial charge in [-0.3, -0.25) is 4.90 Å². The Morgan fingerprint density at radius 3 is 2.15 bits per heavy atom. The van der Waals surface area contributed by atoms with E-state index >= 15 is 0 Å². The second kappa shape index (κ2) is 2.61. The Balaban J connectivity index is 2.93. The molecule has 0 saturated carbocycles. The second-order valence-electron chi connectivity index (χ2n) is 4.81. The van der Waals surface area contributed by atoms with Crippen molar-refractivity contribution in [3.8, 4) is 0 Å². The lowest BCUT2D eigenvalue weighted by Crippen LogP contribution is -2.75. The molecule has 1 aliphatic rings. The van der Waals surface area contributed by atoms with Crippen LogP contribution < -0.4 is 0 Å². The predicted molar refractivity (Wildman–Crippen MR) is 48.6 cm³/mol. The van der Waals surface area contributed by atoms with E-state index in [-0.39, 0.29) is 12.0 Å². The van der Waals surface area contributed by atoms with Crippen molar-refractivity contribution >= 4 is 6.09 Å². The summed E-state index contributed by atoms with van der Waals surface area (Å²) in [5, 5.41) is 18.5. The Labute approximate surface area is 78.2 Å². The van der Waals surface area contributed by atoms with E-state index in [4.69, 9.17) is 5.11 Å². The van der Waals surface area contributed by atoms with Crippen LogP contribution in [0.25, 0.3) is 0 Å². The molecule has 0 aromatic rings. The van der Waals surface area contributed by atoms with Crippen molar-refractivity contribution in [2.45, 2.75) is 39.3 Å². The van der Waals surface area contributed by atoms with Gasteiger partial charge in [0.25, 0.3) is 0 Å². The Bertz CT molecular complexity index is 234. The minimum atomic E-state index is -0.956. The molecule has 1 amide bonds. The van der Waals surface area contributed by atoms with E-state index in [1.807, 2.05) is 20.8 Å². The zero-order valence-corrected chi connectivity index (χ0v) is 8.53. The lowest BCUT2D eigenvalue weighted by molar-refractivity contribution is -0.159. The van der Waals surface area contributed by atoms with Crippen molar-refractivity contribution in [1.82, 2.24) is 4.90 Å². The van der Waals surface area contributed by atoms with Crippen LogP contribution in [0.3, 0.4) is 0 Å². The van der Waals surface area contributed by atoms with Crippen LogP contribution in [0.1, 0.15) is 27.7 Å². The van der Waals surface area contributed by atoms with Crippen molar-refractivity contribution < 1.29 is 15.0 Å². The van der Waals surface area contributed by atoms with Crippen LogP contribution in [0.15, 0.2) is 0 Å². The molecule has 1 rings (SSSR count). The Kier molecular flexibility index (Phi) is 2.07. The van der Waals surface area contributed by atoms with Crippen molar-refractivity contribution in [2.75, 3.05) is 6.54 Å². The summed E-state index contributed by atoms with van der Waals surface area (Å²) in [4.78, 5) is 12.1. The molecule has 0 unspecified atom stereocenters. The molecule has 0 aromatic heterocycles. The number of nitrogens with zero attached hydrogens (tertiary/aromatic N) is 1.